The van der Waals surface area contributed by atoms with E-state index in [9.17, 15) is 23.5 Å². The van der Waals surface area contributed by atoms with E-state index in [4.69, 9.17) is 4.74 Å². The number of carboxylic acids is 1. The van der Waals surface area contributed by atoms with Crippen LogP contribution in [-0.2, 0) is 9.59 Å². The lowest BCUT2D eigenvalue weighted by Gasteiger charge is -2.22. The third kappa shape index (κ3) is 5.93. The van der Waals surface area contributed by atoms with E-state index in [2.05, 4.69) is 14.8 Å². The first-order valence-corrected chi connectivity index (χ1v) is 12.3. The third-order valence-corrected chi connectivity index (χ3v) is 6.78. The van der Waals surface area contributed by atoms with E-state index < -0.39 is 18.2 Å². The molecule has 1 aliphatic heterocycles. The van der Waals surface area contributed by atoms with Crippen LogP contribution >= 0.6 is 0 Å². The van der Waals surface area contributed by atoms with E-state index in [0.29, 0.717) is 16.9 Å². The van der Waals surface area contributed by atoms with Crippen molar-refractivity contribution in [2.75, 3.05) is 6.61 Å². The Morgan fingerprint density at radius 1 is 0.946 bits per heavy atom. The summed E-state index contributed by atoms with van der Waals surface area (Å²) in [6.07, 6.45) is 1.44. The van der Waals surface area contributed by atoms with E-state index in [1.165, 1.54) is 18.6 Å². The van der Waals surface area contributed by atoms with Crippen molar-refractivity contribution in [3.05, 3.63) is 65.7 Å². The quantitative estimate of drug-likeness (QED) is 0.409. The number of carbonyl (C=O) groups excluding carboxylic acids is 1. The first-order valence-electron chi connectivity index (χ1n) is 12.3. The normalized spacial score (nSPS) is 17.4. The van der Waals surface area contributed by atoms with Crippen LogP contribution < -0.4 is 19.5 Å². The molecule has 2 N–H and O–H groups in total. The molecule has 9 heteroatoms. The molecule has 1 amide bonds. The topological polar surface area (TPSA) is 94.1 Å². The van der Waals surface area contributed by atoms with Gasteiger partial charge in [-0.25, -0.2) is 0 Å². The van der Waals surface area contributed by atoms with Crippen LogP contribution in [0, 0.1) is 0 Å². The zero-order valence-corrected chi connectivity index (χ0v) is 20.0. The number of benzene rings is 3. The maximum absolute atomic E-state index is 13.5. The lowest BCUT2D eigenvalue weighted by atomic mass is 9.87. The van der Waals surface area contributed by atoms with Crippen molar-refractivity contribution in [1.82, 2.24) is 5.32 Å². The molecular weight excluding hydrogens is 484 g/mol. The number of carbonyl (C=O) groups is 2. The predicted octanol–water partition coefficient (Wildman–Crippen LogP) is 5.60. The average Bonchev–Trinajstić information content (AvgIpc) is 3.19. The molecule has 5 rings (SSSR count). The molecule has 3 aromatic rings. The molecule has 1 unspecified atom stereocenters. The van der Waals surface area contributed by atoms with Crippen molar-refractivity contribution in [2.24, 2.45) is 0 Å². The lowest BCUT2D eigenvalue weighted by molar-refractivity contribution is -0.286. The SMILES string of the molecule is O=C(O)CC(c1ccc2c(c1)OC(F)(F)O2)c1ccc2ccc(OCC(=O)NC3CCCCC3)cc2c1. The molecule has 1 heterocycles. The Labute approximate surface area is 212 Å². The molecule has 2 aliphatic rings. The van der Waals surface area contributed by atoms with Crippen LogP contribution in [0.2, 0.25) is 0 Å². The van der Waals surface area contributed by atoms with Gasteiger partial charge in [0.1, 0.15) is 5.75 Å². The van der Waals surface area contributed by atoms with Crippen molar-refractivity contribution in [3.63, 3.8) is 0 Å². The van der Waals surface area contributed by atoms with Gasteiger partial charge in [-0.2, -0.15) is 0 Å². The van der Waals surface area contributed by atoms with Gasteiger partial charge in [-0.3, -0.25) is 9.59 Å². The van der Waals surface area contributed by atoms with Gasteiger partial charge in [0.05, 0.1) is 6.42 Å². The summed E-state index contributed by atoms with van der Waals surface area (Å²) in [6.45, 7) is -0.0921. The van der Waals surface area contributed by atoms with Gasteiger partial charge in [0.25, 0.3) is 5.91 Å². The number of rotatable bonds is 8. The maximum Gasteiger partial charge on any atom is 0.586 e. The van der Waals surface area contributed by atoms with E-state index in [-0.39, 0.29) is 36.5 Å². The lowest BCUT2D eigenvalue weighted by Crippen LogP contribution is -2.38. The molecule has 0 bridgehead atoms. The standard InChI is InChI=1S/C28H27F2NO6/c29-28(30)36-24-11-9-19(14-25(24)37-28)23(15-27(33)34)18-7-6-17-8-10-22(13-20(17)12-18)35-16-26(32)31-21-4-2-1-3-5-21/h6-14,21,23H,1-5,15-16H2,(H,31,32)(H,33,34). The van der Waals surface area contributed by atoms with Gasteiger partial charge in [0, 0.05) is 12.0 Å². The van der Waals surface area contributed by atoms with E-state index in [1.54, 1.807) is 18.2 Å². The van der Waals surface area contributed by atoms with Crippen LogP contribution in [0.5, 0.6) is 17.2 Å². The molecule has 194 valence electrons. The number of halogens is 2. The average molecular weight is 512 g/mol. The number of aliphatic carboxylic acids is 1. The molecule has 0 saturated heterocycles. The Morgan fingerprint density at radius 2 is 1.65 bits per heavy atom. The highest BCUT2D eigenvalue weighted by Crippen LogP contribution is 2.43. The smallest absolute Gasteiger partial charge is 0.484 e. The van der Waals surface area contributed by atoms with Crippen molar-refractivity contribution in [1.29, 1.82) is 0 Å². The summed E-state index contributed by atoms with van der Waals surface area (Å²) in [6, 6.07) is 15.5. The summed E-state index contributed by atoms with van der Waals surface area (Å²) in [5.74, 6) is -1.53. The molecule has 1 aliphatic carbocycles. The Bertz CT molecular complexity index is 1320. The summed E-state index contributed by atoms with van der Waals surface area (Å²) < 4.78 is 41.7. The van der Waals surface area contributed by atoms with Crippen molar-refractivity contribution in [2.45, 2.75) is 56.8 Å². The number of hydrogen-bond donors (Lipinski definition) is 2. The van der Waals surface area contributed by atoms with Gasteiger partial charge in [-0.15, -0.1) is 8.78 Å². The number of fused-ring (bicyclic) bond motifs is 2. The van der Waals surface area contributed by atoms with Gasteiger partial charge in [-0.05, 0) is 59.0 Å². The molecule has 1 fully saturated rings. The van der Waals surface area contributed by atoms with Crippen LogP contribution in [0.15, 0.2) is 54.6 Å². The van der Waals surface area contributed by atoms with Gasteiger partial charge >= 0.3 is 12.3 Å². The summed E-state index contributed by atoms with van der Waals surface area (Å²) in [7, 11) is 0. The second-order valence-corrected chi connectivity index (χ2v) is 9.48. The fraction of sp³-hybridized carbons (Fsp3) is 0.357. The number of nitrogens with one attached hydrogen (secondary N) is 1. The Hall–Kier alpha value is -3.88. The number of amides is 1. The highest BCUT2D eigenvalue weighted by atomic mass is 19.3. The van der Waals surface area contributed by atoms with Crippen molar-refractivity contribution in [3.8, 4) is 17.2 Å². The van der Waals surface area contributed by atoms with Crippen LogP contribution in [0.3, 0.4) is 0 Å². The molecule has 0 spiro atoms. The first-order chi connectivity index (χ1) is 17.8. The Morgan fingerprint density at radius 3 is 2.43 bits per heavy atom. The van der Waals surface area contributed by atoms with E-state index >= 15 is 0 Å². The zero-order chi connectivity index (χ0) is 26.0. The zero-order valence-electron chi connectivity index (χ0n) is 20.0. The second-order valence-electron chi connectivity index (χ2n) is 9.48. The highest BCUT2D eigenvalue weighted by Gasteiger charge is 2.43. The molecule has 1 atom stereocenters. The van der Waals surface area contributed by atoms with Crippen molar-refractivity contribution < 1.29 is 37.7 Å². The van der Waals surface area contributed by atoms with Crippen LogP contribution in [0.4, 0.5) is 8.78 Å². The molecule has 37 heavy (non-hydrogen) atoms. The molecule has 7 nitrogen and oxygen atoms in total. The Kier molecular flexibility index (Phi) is 6.86. The summed E-state index contributed by atoms with van der Waals surface area (Å²) in [5, 5.41) is 14.3. The van der Waals surface area contributed by atoms with Crippen LogP contribution in [0.25, 0.3) is 10.8 Å². The molecule has 0 aromatic heterocycles. The molecular formula is C28H27F2NO6. The minimum absolute atomic E-state index is 0.0921. The summed E-state index contributed by atoms with van der Waals surface area (Å²) in [5.41, 5.74) is 1.20. The van der Waals surface area contributed by atoms with Gasteiger partial charge in [0.15, 0.2) is 18.1 Å². The number of hydrogen-bond acceptors (Lipinski definition) is 5. The highest BCUT2D eigenvalue weighted by molar-refractivity contribution is 5.85. The largest absolute Gasteiger partial charge is 0.586 e. The van der Waals surface area contributed by atoms with E-state index in [1.807, 2.05) is 24.3 Å². The minimum atomic E-state index is -3.75. The molecule has 0 radical (unpaired) electrons. The van der Waals surface area contributed by atoms with Gasteiger partial charge < -0.3 is 24.6 Å². The fourth-order valence-electron chi connectivity index (χ4n) is 5.00. The third-order valence-electron chi connectivity index (χ3n) is 6.78. The summed E-state index contributed by atoms with van der Waals surface area (Å²) in [4.78, 5) is 24.0. The number of carboxylic acid groups (broad SMARTS) is 1. The molecule has 1 saturated carbocycles. The summed E-state index contributed by atoms with van der Waals surface area (Å²) >= 11 is 0. The minimum Gasteiger partial charge on any atom is -0.484 e. The van der Waals surface area contributed by atoms with Crippen LogP contribution in [0.1, 0.15) is 55.6 Å². The Balaban J connectivity index is 1.35. The number of ether oxygens (including phenoxy) is 3. The predicted molar refractivity (Wildman–Crippen MR) is 131 cm³/mol. The first kappa shape index (κ1) is 24.8. The van der Waals surface area contributed by atoms with Gasteiger partial charge in [0.2, 0.25) is 0 Å². The monoisotopic (exact) mass is 511 g/mol. The maximum atomic E-state index is 13.5. The fourth-order valence-corrected chi connectivity index (χ4v) is 5.00. The van der Waals surface area contributed by atoms with E-state index in [0.717, 1.165) is 36.5 Å². The van der Waals surface area contributed by atoms with Crippen LogP contribution in [-0.4, -0.2) is 35.9 Å². The second kappa shape index (κ2) is 10.2. The van der Waals surface area contributed by atoms with Crippen molar-refractivity contribution >= 4 is 22.6 Å². The number of alkyl halides is 2. The van der Waals surface area contributed by atoms with Gasteiger partial charge in [-0.1, -0.05) is 49.6 Å². The molecule has 3 aromatic carbocycles.